The molecule has 90 valence electrons. The number of hydrogen-bond donors (Lipinski definition) is 2. The smallest absolute Gasteiger partial charge is 0.257 e. The highest BCUT2D eigenvalue weighted by Gasteiger charge is 2.14. The average molecular weight is 251 g/mol. The minimum Gasteiger partial charge on any atom is -0.335 e. The largest absolute Gasteiger partial charge is 0.335 e. The lowest BCUT2D eigenvalue weighted by molar-refractivity contribution is 0.578. The van der Waals surface area contributed by atoms with Gasteiger partial charge < -0.3 is 4.98 Å². The molecule has 1 aromatic heterocycles. The summed E-state index contributed by atoms with van der Waals surface area (Å²) in [4.78, 5) is 6.25. The number of nitrogens with zero attached hydrogens (tertiary/aromatic N) is 1. The van der Waals surface area contributed by atoms with Gasteiger partial charge >= 0.3 is 0 Å². The van der Waals surface area contributed by atoms with Crippen LogP contribution in [0.25, 0.3) is 0 Å². The number of aromatic nitrogens is 2. The van der Waals surface area contributed by atoms with E-state index in [1.165, 1.54) is 12.5 Å². The molecule has 0 unspecified atom stereocenters. The first-order valence-electron chi connectivity index (χ1n) is 5.12. The van der Waals surface area contributed by atoms with Crippen molar-refractivity contribution in [2.24, 2.45) is 0 Å². The van der Waals surface area contributed by atoms with Crippen molar-refractivity contribution in [3.63, 3.8) is 0 Å². The van der Waals surface area contributed by atoms with Crippen molar-refractivity contribution in [3.05, 3.63) is 47.9 Å². The Morgan fingerprint density at radius 2 is 2.12 bits per heavy atom. The number of imidazole rings is 1. The summed E-state index contributed by atoms with van der Waals surface area (Å²) in [5, 5.41) is 0.0751. The molecule has 2 aromatic rings. The first-order valence-corrected chi connectivity index (χ1v) is 6.60. The number of aromatic amines is 1. The van der Waals surface area contributed by atoms with Crippen molar-refractivity contribution >= 4 is 10.0 Å². The van der Waals surface area contributed by atoms with Crippen LogP contribution in [0.1, 0.15) is 11.1 Å². The molecule has 0 aliphatic carbocycles. The standard InChI is InChI=1S/C11H13N3O2S/c1-9-4-2-3-5-10(9)6-14-17(15,16)11-7-12-8-13-11/h2-5,7-8,14H,6H2,1H3,(H,12,13). The zero-order valence-corrected chi connectivity index (χ0v) is 10.2. The second-order valence-electron chi connectivity index (χ2n) is 3.67. The van der Waals surface area contributed by atoms with Crippen molar-refractivity contribution in [3.8, 4) is 0 Å². The Morgan fingerprint density at radius 1 is 1.35 bits per heavy atom. The van der Waals surface area contributed by atoms with E-state index in [0.717, 1.165) is 11.1 Å². The van der Waals surface area contributed by atoms with Crippen molar-refractivity contribution in [1.29, 1.82) is 0 Å². The van der Waals surface area contributed by atoms with E-state index >= 15 is 0 Å². The average Bonchev–Trinajstić information content (AvgIpc) is 2.82. The van der Waals surface area contributed by atoms with Crippen LogP contribution in [0.4, 0.5) is 0 Å². The highest BCUT2D eigenvalue weighted by atomic mass is 32.2. The summed E-state index contributed by atoms with van der Waals surface area (Å²) in [6.07, 6.45) is 2.61. The molecule has 0 saturated carbocycles. The molecule has 0 aliphatic rings. The Kier molecular flexibility index (Phi) is 3.26. The highest BCUT2D eigenvalue weighted by Crippen LogP contribution is 2.08. The molecule has 0 fully saturated rings. The van der Waals surface area contributed by atoms with Crippen LogP contribution in [-0.4, -0.2) is 18.4 Å². The van der Waals surface area contributed by atoms with Gasteiger partial charge in [0.05, 0.1) is 12.5 Å². The number of H-pyrrole nitrogens is 1. The van der Waals surface area contributed by atoms with E-state index in [1.807, 2.05) is 31.2 Å². The number of nitrogens with one attached hydrogen (secondary N) is 2. The zero-order valence-electron chi connectivity index (χ0n) is 9.34. The fraction of sp³-hybridized carbons (Fsp3) is 0.182. The molecule has 0 saturated heterocycles. The van der Waals surface area contributed by atoms with E-state index in [2.05, 4.69) is 14.7 Å². The quantitative estimate of drug-likeness (QED) is 0.857. The summed E-state index contributed by atoms with van der Waals surface area (Å²) in [7, 11) is -3.50. The first kappa shape index (κ1) is 11.8. The topological polar surface area (TPSA) is 74.8 Å². The molecule has 6 heteroatoms. The second kappa shape index (κ2) is 4.68. The van der Waals surface area contributed by atoms with Crippen LogP contribution in [0.5, 0.6) is 0 Å². The molecule has 0 atom stereocenters. The first-order chi connectivity index (χ1) is 8.09. The molecule has 2 rings (SSSR count). The van der Waals surface area contributed by atoms with Gasteiger partial charge in [0.15, 0.2) is 5.03 Å². The summed E-state index contributed by atoms with van der Waals surface area (Å²) in [5.41, 5.74) is 2.01. The molecule has 1 heterocycles. The molecule has 5 nitrogen and oxygen atoms in total. The molecule has 0 bridgehead atoms. The lowest BCUT2D eigenvalue weighted by atomic mass is 10.1. The summed E-state index contributed by atoms with van der Waals surface area (Å²) in [5.74, 6) is 0. The van der Waals surface area contributed by atoms with Gasteiger partial charge in [-0.15, -0.1) is 0 Å². The molecular weight excluding hydrogens is 238 g/mol. The van der Waals surface area contributed by atoms with E-state index in [9.17, 15) is 8.42 Å². The maximum absolute atomic E-state index is 11.8. The molecule has 0 amide bonds. The molecule has 0 spiro atoms. The summed E-state index contributed by atoms with van der Waals surface area (Å²) in [6.45, 7) is 2.22. The predicted molar refractivity (Wildman–Crippen MR) is 63.8 cm³/mol. The van der Waals surface area contributed by atoms with Crippen molar-refractivity contribution in [2.45, 2.75) is 18.5 Å². The number of hydrogen-bond acceptors (Lipinski definition) is 3. The molecule has 0 radical (unpaired) electrons. The van der Waals surface area contributed by atoms with E-state index in [0.29, 0.717) is 0 Å². The lowest BCUT2D eigenvalue weighted by Crippen LogP contribution is -2.23. The molecule has 2 N–H and O–H groups in total. The molecule has 1 aromatic carbocycles. The Bertz CT molecular complexity index is 591. The second-order valence-corrected chi connectivity index (χ2v) is 5.40. The highest BCUT2D eigenvalue weighted by molar-refractivity contribution is 7.89. The molecule has 17 heavy (non-hydrogen) atoms. The van der Waals surface area contributed by atoms with Crippen LogP contribution >= 0.6 is 0 Å². The number of rotatable bonds is 4. The zero-order chi connectivity index (χ0) is 12.3. The maximum Gasteiger partial charge on any atom is 0.257 e. The Balaban J connectivity index is 2.12. The number of aryl methyl sites for hydroxylation is 1. The van der Waals surface area contributed by atoms with Crippen LogP contribution in [0.2, 0.25) is 0 Å². The van der Waals surface area contributed by atoms with Crippen molar-refractivity contribution in [1.82, 2.24) is 14.7 Å². The minimum absolute atomic E-state index is 0.0751. The SMILES string of the molecule is Cc1ccccc1CNS(=O)(=O)c1cnc[nH]1. The van der Waals surface area contributed by atoms with Gasteiger partial charge in [-0.1, -0.05) is 24.3 Å². The summed E-state index contributed by atoms with van der Waals surface area (Å²) < 4.78 is 26.1. The van der Waals surface area contributed by atoms with Crippen LogP contribution < -0.4 is 4.72 Å². The third-order valence-electron chi connectivity index (χ3n) is 2.48. The molecule has 0 aliphatic heterocycles. The van der Waals surface area contributed by atoms with Crippen LogP contribution in [0.3, 0.4) is 0 Å². The van der Waals surface area contributed by atoms with E-state index in [4.69, 9.17) is 0 Å². The number of sulfonamides is 1. The third-order valence-corrected chi connectivity index (χ3v) is 3.80. The van der Waals surface area contributed by atoms with Gasteiger partial charge in [0.1, 0.15) is 0 Å². The van der Waals surface area contributed by atoms with Gasteiger partial charge in [-0.2, -0.15) is 0 Å². The minimum atomic E-state index is -3.50. The predicted octanol–water partition coefficient (Wildman–Crippen LogP) is 1.20. The van der Waals surface area contributed by atoms with Gasteiger partial charge in [0.25, 0.3) is 10.0 Å². The Morgan fingerprint density at radius 3 is 2.76 bits per heavy atom. The van der Waals surface area contributed by atoms with Crippen molar-refractivity contribution < 1.29 is 8.42 Å². The summed E-state index contributed by atoms with van der Waals surface area (Å²) in [6, 6.07) is 7.64. The fourth-order valence-electron chi connectivity index (χ4n) is 1.45. The third kappa shape index (κ3) is 2.72. The lowest BCUT2D eigenvalue weighted by Gasteiger charge is -2.07. The van der Waals surface area contributed by atoms with Gasteiger partial charge in [-0.25, -0.2) is 18.1 Å². The van der Waals surface area contributed by atoms with Gasteiger partial charge in [0.2, 0.25) is 0 Å². The van der Waals surface area contributed by atoms with E-state index in [1.54, 1.807) is 0 Å². The van der Waals surface area contributed by atoms with E-state index < -0.39 is 10.0 Å². The number of benzene rings is 1. The van der Waals surface area contributed by atoms with Crippen LogP contribution in [0.15, 0.2) is 41.8 Å². The van der Waals surface area contributed by atoms with Gasteiger partial charge in [-0.05, 0) is 18.1 Å². The Hall–Kier alpha value is -1.66. The normalized spacial score (nSPS) is 11.6. The van der Waals surface area contributed by atoms with E-state index in [-0.39, 0.29) is 11.6 Å². The Labute approximate surface area is 100.0 Å². The van der Waals surface area contributed by atoms with Gasteiger partial charge in [-0.3, -0.25) is 0 Å². The van der Waals surface area contributed by atoms with Crippen molar-refractivity contribution in [2.75, 3.05) is 0 Å². The monoisotopic (exact) mass is 251 g/mol. The fourth-order valence-corrected chi connectivity index (χ4v) is 2.36. The molecular formula is C11H13N3O2S. The maximum atomic E-state index is 11.8. The summed E-state index contributed by atoms with van der Waals surface area (Å²) >= 11 is 0. The van der Waals surface area contributed by atoms with Crippen LogP contribution in [-0.2, 0) is 16.6 Å². The van der Waals surface area contributed by atoms with Crippen LogP contribution in [0, 0.1) is 6.92 Å². The van der Waals surface area contributed by atoms with Gasteiger partial charge in [0, 0.05) is 6.54 Å².